The number of amides is 1. The number of hydrogen-bond donors (Lipinski definition) is 2. The molecule has 5 nitrogen and oxygen atoms in total. The highest BCUT2D eigenvalue weighted by Gasteiger charge is 2.04. The summed E-state index contributed by atoms with van der Waals surface area (Å²) in [4.78, 5) is 15.4. The largest absolute Gasteiger partial charge is 0.383 e. The van der Waals surface area contributed by atoms with E-state index in [9.17, 15) is 4.79 Å². The number of nitrogens with one attached hydrogen (secondary N) is 2. The number of unbranched alkanes of at least 4 members (excludes halogenated alkanes) is 1. The zero-order chi connectivity index (χ0) is 13.2. The van der Waals surface area contributed by atoms with Crippen LogP contribution in [-0.2, 0) is 4.74 Å². The van der Waals surface area contributed by atoms with Gasteiger partial charge >= 0.3 is 0 Å². The lowest BCUT2D eigenvalue weighted by molar-refractivity contribution is 0.0958. The van der Waals surface area contributed by atoms with Gasteiger partial charge in [-0.1, -0.05) is 13.3 Å². The first-order chi connectivity index (χ1) is 8.77. The number of anilines is 1. The molecule has 1 aromatic rings. The van der Waals surface area contributed by atoms with Crippen LogP contribution < -0.4 is 10.6 Å². The molecular formula is C13H21N3O2. The topological polar surface area (TPSA) is 63.2 Å². The van der Waals surface area contributed by atoms with Crippen molar-refractivity contribution >= 4 is 11.6 Å². The number of aromatic nitrogens is 1. The third kappa shape index (κ3) is 5.14. The lowest BCUT2D eigenvalue weighted by atomic mass is 10.3. The molecule has 0 fully saturated rings. The van der Waals surface area contributed by atoms with E-state index in [0.717, 1.165) is 31.7 Å². The minimum absolute atomic E-state index is 0.183. The Morgan fingerprint density at radius 3 is 3.00 bits per heavy atom. The molecule has 1 aromatic heterocycles. The summed E-state index contributed by atoms with van der Waals surface area (Å²) in [6.45, 7) is 4.33. The number of hydrogen-bond acceptors (Lipinski definition) is 4. The molecule has 0 aliphatic rings. The maximum absolute atomic E-state index is 11.4. The van der Waals surface area contributed by atoms with Gasteiger partial charge in [0, 0.05) is 32.1 Å². The second kappa shape index (κ2) is 8.47. The molecule has 1 heterocycles. The Hall–Kier alpha value is -1.62. The molecule has 0 aliphatic carbocycles. The van der Waals surface area contributed by atoms with E-state index >= 15 is 0 Å². The van der Waals surface area contributed by atoms with Crippen LogP contribution in [-0.4, -0.2) is 37.7 Å². The van der Waals surface area contributed by atoms with Crippen molar-refractivity contribution in [2.24, 2.45) is 0 Å². The molecule has 1 amide bonds. The predicted octanol–water partition coefficient (Wildman–Crippen LogP) is 1.67. The lowest BCUT2D eigenvalue weighted by Gasteiger charge is -2.08. The Morgan fingerprint density at radius 2 is 2.28 bits per heavy atom. The Kier molecular flexibility index (Phi) is 6.79. The van der Waals surface area contributed by atoms with Gasteiger partial charge in [0.1, 0.15) is 5.69 Å². The molecule has 0 saturated carbocycles. The maximum Gasteiger partial charge on any atom is 0.269 e. The molecule has 0 saturated heterocycles. The first kappa shape index (κ1) is 14.4. The van der Waals surface area contributed by atoms with Crippen molar-refractivity contribution in [1.29, 1.82) is 0 Å². The Labute approximate surface area is 108 Å². The van der Waals surface area contributed by atoms with E-state index < -0.39 is 0 Å². The van der Waals surface area contributed by atoms with Gasteiger partial charge in [-0.15, -0.1) is 0 Å². The number of pyridine rings is 1. The molecule has 2 N–H and O–H groups in total. The van der Waals surface area contributed by atoms with Gasteiger partial charge in [-0.3, -0.25) is 9.78 Å². The zero-order valence-electron chi connectivity index (χ0n) is 11.0. The highest BCUT2D eigenvalue weighted by molar-refractivity contribution is 5.92. The van der Waals surface area contributed by atoms with Crippen LogP contribution in [0.2, 0.25) is 0 Å². The fraction of sp³-hybridized carbons (Fsp3) is 0.538. The molecule has 1 rings (SSSR count). The van der Waals surface area contributed by atoms with Gasteiger partial charge in [0.15, 0.2) is 0 Å². The van der Waals surface area contributed by atoms with Crippen molar-refractivity contribution in [1.82, 2.24) is 10.3 Å². The minimum atomic E-state index is -0.183. The van der Waals surface area contributed by atoms with Crippen LogP contribution in [0.25, 0.3) is 0 Å². The summed E-state index contributed by atoms with van der Waals surface area (Å²) in [7, 11) is 1.59. The van der Waals surface area contributed by atoms with Gasteiger partial charge in [-0.2, -0.15) is 0 Å². The zero-order valence-corrected chi connectivity index (χ0v) is 11.0. The molecule has 18 heavy (non-hydrogen) atoms. The second-order valence-corrected chi connectivity index (χ2v) is 3.90. The van der Waals surface area contributed by atoms with Crippen LogP contribution in [0.15, 0.2) is 18.3 Å². The first-order valence-corrected chi connectivity index (χ1v) is 6.27. The van der Waals surface area contributed by atoms with E-state index in [0.29, 0.717) is 12.3 Å². The smallest absolute Gasteiger partial charge is 0.269 e. The molecule has 0 aliphatic heterocycles. The molecule has 100 valence electrons. The van der Waals surface area contributed by atoms with Crippen LogP contribution in [0.1, 0.15) is 30.3 Å². The molecule has 0 aromatic carbocycles. The van der Waals surface area contributed by atoms with Crippen LogP contribution in [0.5, 0.6) is 0 Å². The van der Waals surface area contributed by atoms with Gasteiger partial charge < -0.3 is 15.4 Å². The van der Waals surface area contributed by atoms with Crippen molar-refractivity contribution in [3.8, 4) is 0 Å². The monoisotopic (exact) mass is 251 g/mol. The maximum atomic E-state index is 11.4. The third-order valence-corrected chi connectivity index (χ3v) is 2.44. The van der Waals surface area contributed by atoms with Gasteiger partial charge in [0.25, 0.3) is 5.91 Å². The number of nitrogens with zero attached hydrogens (tertiary/aromatic N) is 1. The summed E-state index contributed by atoms with van der Waals surface area (Å²) in [6, 6.07) is 3.56. The van der Waals surface area contributed by atoms with E-state index in [1.54, 1.807) is 19.3 Å². The summed E-state index contributed by atoms with van der Waals surface area (Å²) in [6.07, 6.45) is 3.86. The van der Waals surface area contributed by atoms with Crippen LogP contribution >= 0.6 is 0 Å². The SMILES string of the molecule is CCCCOCCNc1ccnc(C(=O)NC)c1. The minimum Gasteiger partial charge on any atom is -0.383 e. The average molecular weight is 251 g/mol. The summed E-state index contributed by atoms with van der Waals surface area (Å²) < 4.78 is 5.44. The van der Waals surface area contributed by atoms with Gasteiger partial charge in [-0.25, -0.2) is 0 Å². The van der Waals surface area contributed by atoms with Crippen LogP contribution in [0, 0.1) is 0 Å². The number of carbonyl (C=O) groups excluding carboxylic acids is 1. The molecule has 0 radical (unpaired) electrons. The van der Waals surface area contributed by atoms with E-state index in [1.807, 2.05) is 6.07 Å². The quantitative estimate of drug-likeness (QED) is 0.690. The third-order valence-electron chi connectivity index (χ3n) is 2.44. The van der Waals surface area contributed by atoms with E-state index in [-0.39, 0.29) is 5.91 Å². The van der Waals surface area contributed by atoms with Crippen molar-refractivity contribution in [3.63, 3.8) is 0 Å². The highest BCUT2D eigenvalue weighted by atomic mass is 16.5. The Bertz CT molecular complexity index is 369. The molecule has 0 spiro atoms. The van der Waals surface area contributed by atoms with Crippen molar-refractivity contribution in [2.45, 2.75) is 19.8 Å². The van der Waals surface area contributed by atoms with E-state index in [4.69, 9.17) is 4.74 Å². The van der Waals surface area contributed by atoms with E-state index in [2.05, 4.69) is 22.5 Å². The normalized spacial score (nSPS) is 10.1. The summed E-state index contributed by atoms with van der Waals surface area (Å²) in [5.41, 5.74) is 1.29. The van der Waals surface area contributed by atoms with Gasteiger partial charge in [-0.05, 0) is 18.6 Å². The van der Waals surface area contributed by atoms with Gasteiger partial charge in [0.05, 0.1) is 6.61 Å². The molecule has 0 atom stereocenters. The van der Waals surface area contributed by atoms with Crippen LogP contribution in [0.3, 0.4) is 0 Å². The number of rotatable bonds is 8. The first-order valence-electron chi connectivity index (χ1n) is 6.27. The Balaban J connectivity index is 2.32. The van der Waals surface area contributed by atoms with Crippen LogP contribution in [0.4, 0.5) is 5.69 Å². The summed E-state index contributed by atoms with van der Waals surface area (Å²) in [5, 5.41) is 5.74. The fourth-order valence-corrected chi connectivity index (χ4v) is 1.41. The molecule has 0 unspecified atom stereocenters. The van der Waals surface area contributed by atoms with Crippen molar-refractivity contribution < 1.29 is 9.53 Å². The highest BCUT2D eigenvalue weighted by Crippen LogP contribution is 2.07. The van der Waals surface area contributed by atoms with Gasteiger partial charge in [0.2, 0.25) is 0 Å². The van der Waals surface area contributed by atoms with Crippen molar-refractivity contribution in [2.75, 3.05) is 32.1 Å². The molecule has 5 heteroatoms. The summed E-state index contributed by atoms with van der Waals surface area (Å²) in [5.74, 6) is -0.183. The second-order valence-electron chi connectivity index (χ2n) is 3.90. The van der Waals surface area contributed by atoms with Crippen molar-refractivity contribution in [3.05, 3.63) is 24.0 Å². The Morgan fingerprint density at radius 1 is 1.44 bits per heavy atom. The molecular weight excluding hydrogens is 230 g/mol. The standard InChI is InChI=1S/C13H21N3O2/c1-3-4-8-18-9-7-15-11-5-6-16-12(10-11)13(17)14-2/h5-6,10H,3-4,7-9H2,1-2H3,(H,14,17)(H,15,16). The number of ether oxygens (including phenoxy) is 1. The summed E-state index contributed by atoms with van der Waals surface area (Å²) >= 11 is 0. The lowest BCUT2D eigenvalue weighted by Crippen LogP contribution is -2.19. The number of carbonyl (C=O) groups is 1. The average Bonchev–Trinajstić information content (AvgIpc) is 2.42. The predicted molar refractivity (Wildman–Crippen MR) is 71.8 cm³/mol. The fourth-order valence-electron chi connectivity index (χ4n) is 1.41. The van der Waals surface area contributed by atoms with E-state index in [1.165, 1.54) is 0 Å². The molecule has 0 bridgehead atoms.